The van der Waals surface area contributed by atoms with E-state index in [1.54, 1.807) is 0 Å². The van der Waals surface area contributed by atoms with Gasteiger partial charge in [-0.3, -0.25) is 0 Å². The van der Waals surface area contributed by atoms with Crippen LogP contribution >= 0.6 is 15.9 Å². The van der Waals surface area contributed by atoms with E-state index in [0.29, 0.717) is 10.8 Å². The first-order chi connectivity index (χ1) is 13.0. The highest BCUT2D eigenvalue weighted by Gasteiger charge is 2.31. The second-order valence-electron chi connectivity index (χ2n) is 9.23. The summed E-state index contributed by atoms with van der Waals surface area (Å²) in [6.45, 7) is 12.7. The Hall–Kier alpha value is -0.390. The molecule has 0 unspecified atom stereocenters. The molecule has 0 aromatic heterocycles. The van der Waals surface area contributed by atoms with E-state index >= 15 is 0 Å². The van der Waals surface area contributed by atoms with Crippen LogP contribution in [0.3, 0.4) is 0 Å². The number of hydrogen-bond donors (Lipinski definition) is 1. The van der Waals surface area contributed by atoms with Crippen molar-refractivity contribution in [3.63, 3.8) is 0 Å². The van der Waals surface area contributed by atoms with Crippen LogP contribution in [0, 0.1) is 0 Å². The predicted molar refractivity (Wildman–Crippen MR) is 123 cm³/mol. The molecule has 160 valence electrons. The van der Waals surface area contributed by atoms with Gasteiger partial charge in [0, 0.05) is 10.9 Å². The highest BCUT2D eigenvalue weighted by atomic mass is 79.9. The summed E-state index contributed by atoms with van der Waals surface area (Å²) in [7, 11) is -3.59. The lowest BCUT2D eigenvalue weighted by atomic mass is 9.89. The Morgan fingerprint density at radius 3 is 1.82 bits per heavy atom. The number of alkyl halides is 1. The van der Waals surface area contributed by atoms with E-state index < -0.39 is 10.0 Å². The smallest absolute Gasteiger partial charge is 0.207 e. The molecule has 1 aliphatic carbocycles. The molecule has 0 aliphatic heterocycles. The summed E-state index contributed by atoms with van der Waals surface area (Å²) in [4.78, 5) is 0.714. The zero-order valence-electron chi connectivity index (χ0n) is 18.4. The van der Waals surface area contributed by atoms with Gasteiger partial charge in [0.05, 0.1) is 4.90 Å². The molecule has 3 nitrogen and oxygen atoms in total. The normalized spacial score (nSPS) is 21.9. The van der Waals surface area contributed by atoms with Gasteiger partial charge in [0.2, 0.25) is 10.0 Å². The third-order valence-electron chi connectivity index (χ3n) is 5.84. The van der Waals surface area contributed by atoms with Gasteiger partial charge in [-0.15, -0.1) is 0 Å². The lowest BCUT2D eigenvalue weighted by Crippen LogP contribution is -2.42. The fourth-order valence-corrected chi connectivity index (χ4v) is 6.93. The third kappa shape index (κ3) is 5.82. The number of nitrogens with one attached hydrogen (secondary N) is 1. The van der Waals surface area contributed by atoms with Crippen LogP contribution in [0.5, 0.6) is 0 Å². The molecule has 0 bridgehead atoms. The van der Waals surface area contributed by atoms with Gasteiger partial charge in [0.1, 0.15) is 0 Å². The molecule has 2 rings (SSSR count). The van der Waals surface area contributed by atoms with Crippen molar-refractivity contribution in [3.05, 3.63) is 28.8 Å². The molecule has 5 heteroatoms. The molecule has 1 N–H and O–H groups in total. The maximum atomic E-state index is 13.6. The minimum atomic E-state index is -3.59. The average Bonchev–Trinajstić information content (AvgIpc) is 2.60. The lowest BCUT2D eigenvalue weighted by Gasteiger charge is -2.28. The number of benzene rings is 1. The van der Waals surface area contributed by atoms with Crippen LogP contribution < -0.4 is 4.72 Å². The van der Waals surface area contributed by atoms with Crippen molar-refractivity contribution >= 4 is 26.0 Å². The Labute approximate surface area is 181 Å². The Bertz CT molecular complexity index is 727. The molecule has 0 saturated heterocycles. The van der Waals surface area contributed by atoms with Crippen LogP contribution in [0.2, 0.25) is 0 Å². The largest absolute Gasteiger partial charge is 0.241 e. The van der Waals surface area contributed by atoms with Crippen LogP contribution in [-0.4, -0.2) is 19.3 Å². The van der Waals surface area contributed by atoms with Gasteiger partial charge in [-0.25, -0.2) is 13.1 Å². The molecular weight excluding hydrogens is 434 g/mol. The Morgan fingerprint density at radius 1 is 0.857 bits per heavy atom. The van der Waals surface area contributed by atoms with Crippen molar-refractivity contribution in [2.24, 2.45) is 0 Å². The first kappa shape index (κ1) is 23.9. The van der Waals surface area contributed by atoms with Crippen LogP contribution in [0.15, 0.2) is 17.0 Å². The Kier molecular flexibility index (Phi) is 8.60. The zero-order chi connectivity index (χ0) is 21.1. The second-order valence-corrected chi connectivity index (χ2v) is 12.1. The Balaban J connectivity index is 2.53. The van der Waals surface area contributed by atoms with E-state index in [1.807, 2.05) is 0 Å². The Morgan fingerprint density at radius 2 is 1.36 bits per heavy atom. The summed E-state index contributed by atoms with van der Waals surface area (Å²) in [6.07, 6.45) is 6.59. The molecule has 1 aromatic rings. The minimum absolute atomic E-state index is 0.0462. The van der Waals surface area contributed by atoms with Crippen molar-refractivity contribution in [1.82, 2.24) is 4.72 Å². The van der Waals surface area contributed by atoms with Crippen LogP contribution in [0.1, 0.15) is 115 Å². The molecular formula is C23H38BrNO2S. The van der Waals surface area contributed by atoms with E-state index in [0.717, 1.165) is 36.8 Å². The molecule has 0 amide bonds. The first-order valence-corrected chi connectivity index (χ1v) is 13.3. The summed E-state index contributed by atoms with van der Waals surface area (Å²) in [5.41, 5.74) is 3.11. The zero-order valence-corrected chi connectivity index (χ0v) is 20.8. The van der Waals surface area contributed by atoms with Crippen molar-refractivity contribution < 1.29 is 8.42 Å². The lowest BCUT2D eigenvalue weighted by molar-refractivity contribution is 0.439. The molecule has 0 spiro atoms. The van der Waals surface area contributed by atoms with Crippen LogP contribution in [-0.2, 0) is 10.0 Å². The molecule has 1 fully saturated rings. The number of halogens is 1. The molecule has 2 atom stereocenters. The van der Waals surface area contributed by atoms with Crippen molar-refractivity contribution in [1.29, 1.82) is 0 Å². The molecule has 0 radical (unpaired) electrons. The fraction of sp³-hybridized carbons (Fsp3) is 0.739. The number of sulfonamides is 1. The summed E-state index contributed by atoms with van der Waals surface area (Å²) in [6, 6.07) is 4.18. The van der Waals surface area contributed by atoms with E-state index in [1.165, 1.54) is 18.4 Å². The molecule has 0 heterocycles. The topological polar surface area (TPSA) is 46.2 Å². The highest BCUT2D eigenvalue weighted by molar-refractivity contribution is 9.09. The van der Waals surface area contributed by atoms with E-state index in [4.69, 9.17) is 0 Å². The first-order valence-electron chi connectivity index (χ1n) is 10.9. The maximum absolute atomic E-state index is 13.6. The third-order valence-corrected chi connectivity index (χ3v) is 8.55. The summed E-state index contributed by atoms with van der Waals surface area (Å²) < 4.78 is 30.4. The maximum Gasteiger partial charge on any atom is 0.241 e. The molecule has 28 heavy (non-hydrogen) atoms. The minimum Gasteiger partial charge on any atom is -0.207 e. The summed E-state index contributed by atoms with van der Waals surface area (Å²) in [5.74, 6) is 0.678. The molecule has 1 aliphatic rings. The van der Waals surface area contributed by atoms with Crippen molar-refractivity contribution in [2.45, 2.75) is 114 Å². The van der Waals surface area contributed by atoms with Gasteiger partial charge in [0.25, 0.3) is 0 Å². The van der Waals surface area contributed by atoms with Gasteiger partial charge in [0.15, 0.2) is 0 Å². The average molecular weight is 473 g/mol. The fourth-order valence-electron chi connectivity index (χ4n) is 4.03. The van der Waals surface area contributed by atoms with Gasteiger partial charge in [-0.05, 0) is 47.3 Å². The van der Waals surface area contributed by atoms with Crippen LogP contribution in [0.25, 0.3) is 0 Å². The molecule has 1 aromatic carbocycles. The van der Waals surface area contributed by atoms with Crippen LogP contribution in [0.4, 0.5) is 0 Å². The van der Waals surface area contributed by atoms with E-state index in [9.17, 15) is 8.42 Å². The van der Waals surface area contributed by atoms with Crippen molar-refractivity contribution in [3.8, 4) is 0 Å². The van der Waals surface area contributed by atoms with Gasteiger partial charge >= 0.3 is 0 Å². The van der Waals surface area contributed by atoms with Crippen molar-refractivity contribution in [2.75, 3.05) is 0 Å². The second kappa shape index (κ2) is 10.1. The summed E-state index contributed by atoms with van der Waals surface area (Å²) >= 11 is 3.76. The van der Waals surface area contributed by atoms with Gasteiger partial charge < -0.3 is 0 Å². The quantitative estimate of drug-likeness (QED) is 0.462. The highest BCUT2D eigenvalue weighted by Crippen LogP contribution is 2.36. The predicted octanol–water partition coefficient (Wildman–Crippen LogP) is 6.82. The monoisotopic (exact) mass is 471 g/mol. The number of rotatable bonds is 6. The summed E-state index contributed by atoms with van der Waals surface area (Å²) in [5, 5.41) is 0. The number of hydrogen-bond acceptors (Lipinski definition) is 2. The van der Waals surface area contributed by atoms with Gasteiger partial charge in [-0.1, -0.05) is 95.3 Å². The van der Waals surface area contributed by atoms with Gasteiger partial charge in [-0.2, -0.15) is 0 Å². The standard InChI is InChI=1S/C23H38BrNO2S/c1-15(2)18-13-19(16(3)4)23(20(14-18)17(5)6)28(26,27)25-22-12-10-8-7-9-11-21(22)24/h13-17,21-22,25H,7-12H2,1-6H3/t21-,22-/m1/s1. The SMILES string of the molecule is CC(C)c1cc(C(C)C)c(S(=O)(=O)N[C@@H]2CCCCCC[C@H]2Br)c(C(C)C)c1. The molecule has 1 saturated carbocycles. The van der Waals surface area contributed by atoms with E-state index in [-0.39, 0.29) is 22.7 Å². The van der Waals surface area contributed by atoms with E-state index in [2.05, 4.69) is 74.3 Å².